The third kappa shape index (κ3) is 4.84. The van der Waals surface area contributed by atoms with E-state index in [0.29, 0.717) is 26.3 Å². The van der Waals surface area contributed by atoms with E-state index < -0.39 is 0 Å². The first-order valence-corrected chi connectivity index (χ1v) is 9.77. The van der Waals surface area contributed by atoms with Crippen LogP contribution < -0.4 is 10.6 Å². The zero-order valence-corrected chi connectivity index (χ0v) is 15.8. The van der Waals surface area contributed by atoms with Crippen molar-refractivity contribution in [3.63, 3.8) is 0 Å². The summed E-state index contributed by atoms with van der Waals surface area (Å²) in [7, 11) is 0. The highest BCUT2D eigenvalue weighted by molar-refractivity contribution is 7.17. The van der Waals surface area contributed by atoms with Crippen LogP contribution in [0.15, 0.2) is 53.9 Å². The third-order valence-electron chi connectivity index (χ3n) is 4.26. The molecule has 0 aliphatic heterocycles. The van der Waals surface area contributed by atoms with Crippen LogP contribution >= 0.6 is 11.3 Å². The Hall–Kier alpha value is -2.37. The summed E-state index contributed by atoms with van der Waals surface area (Å²) in [5.41, 5.74) is 3.48. The quantitative estimate of drug-likeness (QED) is 0.616. The molecule has 0 radical (unpaired) electrons. The number of ether oxygens (including phenoxy) is 1. The molecule has 0 saturated carbocycles. The van der Waals surface area contributed by atoms with Gasteiger partial charge in [0.1, 0.15) is 0 Å². The molecule has 26 heavy (non-hydrogen) atoms. The van der Waals surface area contributed by atoms with E-state index >= 15 is 0 Å². The van der Waals surface area contributed by atoms with Crippen molar-refractivity contribution in [1.29, 1.82) is 0 Å². The molecule has 0 spiro atoms. The zero-order chi connectivity index (χ0) is 18.2. The van der Waals surface area contributed by atoms with E-state index in [0.717, 1.165) is 17.5 Å². The fourth-order valence-electron chi connectivity index (χ4n) is 2.86. The van der Waals surface area contributed by atoms with Gasteiger partial charge >= 0.3 is 6.03 Å². The van der Waals surface area contributed by atoms with Gasteiger partial charge in [0.05, 0.1) is 6.61 Å². The minimum Gasteiger partial charge on any atom is -0.377 e. The average Bonchev–Trinajstić information content (AvgIpc) is 3.08. The number of nitrogens with one attached hydrogen (secondary N) is 2. The van der Waals surface area contributed by atoms with Crippen LogP contribution in [0.2, 0.25) is 0 Å². The minimum atomic E-state index is -0.143. The number of carbonyl (C=O) groups excluding carboxylic acids is 1. The van der Waals surface area contributed by atoms with Crippen LogP contribution in [0.5, 0.6) is 0 Å². The van der Waals surface area contributed by atoms with Crippen LogP contribution in [0.1, 0.15) is 23.6 Å². The predicted octanol–water partition coefficient (Wildman–Crippen LogP) is 4.48. The molecule has 0 bridgehead atoms. The molecule has 1 aromatic heterocycles. The fraction of sp³-hybridized carbons (Fsp3) is 0.286. The van der Waals surface area contributed by atoms with Gasteiger partial charge in [-0.25, -0.2) is 4.79 Å². The normalized spacial score (nSPS) is 10.8. The van der Waals surface area contributed by atoms with Crippen LogP contribution in [0.4, 0.5) is 4.79 Å². The second-order valence-electron chi connectivity index (χ2n) is 6.02. The molecule has 0 aliphatic rings. The average molecular weight is 369 g/mol. The molecule has 3 aromatic rings. The smallest absolute Gasteiger partial charge is 0.315 e. The van der Waals surface area contributed by atoms with E-state index in [-0.39, 0.29) is 6.03 Å². The Kier molecular flexibility index (Phi) is 6.63. The maximum absolute atomic E-state index is 12.1. The molecule has 0 aliphatic carbocycles. The first-order chi connectivity index (χ1) is 12.8. The molecular formula is C21H24N2O2S. The fourth-order valence-corrected chi connectivity index (χ4v) is 3.86. The molecule has 1 heterocycles. The van der Waals surface area contributed by atoms with Gasteiger partial charge in [-0.3, -0.25) is 0 Å². The molecule has 3 rings (SSSR count). The summed E-state index contributed by atoms with van der Waals surface area (Å²) in [6.45, 7) is 4.34. The van der Waals surface area contributed by atoms with Crippen molar-refractivity contribution in [3.05, 3.63) is 70.6 Å². The van der Waals surface area contributed by atoms with Crippen LogP contribution in [-0.4, -0.2) is 19.2 Å². The first-order valence-electron chi connectivity index (χ1n) is 8.89. The number of fused-ring (bicyclic) bond motifs is 1. The Bertz CT molecular complexity index is 860. The molecule has 0 atom stereocenters. The molecular weight excluding hydrogens is 344 g/mol. The van der Waals surface area contributed by atoms with Crippen LogP contribution in [0.25, 0.3) is 10.1 Å². The molecule has 4 nitrogen and oxygen atoms in total. The van der Waals surface area contributed by atoms with Gasteiger partial charge in [-0.05, 0) is 46.9 Å². The highest BCUT2D eigenvalue weighted by atomic mass is 32.1. The Morgan fingerprint density at radius 2 is 1.77 bits per heavy atom. The zero-order valence-electron chi connectivity index (χ0n) is 15.0. The standard InChI is InChI=1S/C21H24N2O2S/c1-2-25-14-17-8-4-3-7-16(17)13-23-21(24)22-12-11-18-15-26-20-10-6-5-9-19(18)20/h3-10,15H,2,11-14H2,1H3,(H2,22,23,24). The lowest BCUT2D eigenvalue weighted by Crippen LogP contribution is -2.36. The lowest BCUT2D eigenvalue weighted by Gasteiger charge is -2.11. The summed E-state index contributed by atoms with van der Waals surface area (Å²) < 4.78 is 6.77. The van der Waals surface area contributed by atoms with Crippen molar-refractivity contribution < 1.29 is 9.53 Å². The molecule has 2 aromatic carbocycles. The van der Waals surface area contributed by atoms with Gasteiger partial charge < -0.3 is 15.4 Å². The lowest BCUT2D eigenvalue weighted by atomic mass is 10.1. The Morgan fingerprint density at radius 3 is 2.62 bits per heavy atom. The number of thiophene rings is 1. The first kappa shape index (κ1) is 18.4. The molecule has 0 unspecified atom stereocenters. The van der Waals surface area contributed by atoms with E-state index in [2.05, 4.69) is 40.3 Å². The third-order valence-corrected chi connectivity index (χ3v) is 5.27. The van der Waals surface area contributed by atoms with E-state index in [9.17, 15) is 4.79 Å². The molecule has 2 N–H and O–H groups in total. The predicted molar refractivity (Wildman–Crippen MR) is 108 cm³/mol. The summed E-state index contributed by atoms with van der Waals surface area (Å²) in [6.07, 6.45) is 0.832. The van der Waals surface area contributed by atoms with Gasteiger partial charge in [0.25, 0.3) is 0 Å². The van der Waals surface area contributed by atoms with E-state index in [1.165, 1.54) is 15.6 Å². The van der Waals surface area contributed by atoms with Crippen LogP contribution in [0.3, 0.4) is 0 Å². The van der Waals surface area contributed by atoms with Crippen molar-refractivity contribution in [2.24, 2.45) is 0 Å². The van der Waals surface area contributed by atoms with Gasteiger partial charge in [0.15, 0.2) is 0 Å². The maximum atomic E-state index is 12.1. The summed E-state index contributed by atoms with van der Waals surface area (Å²) >= 11 is 1.75. The summed E-state index contributed by atoms with van der Waals surface area (Å²) in [5, 5.41) is 9.33. The molecule has 0 fully saturated rings. The number of amides is 2. The minimum absolute atomic E-state index is 0.143. The van der Waals surface area contributed by atoms with E-state index in [4.69, 9.17) is 4.74 Å². The SMILES string of the molecule is CCOCc1ccccc1CNC(=O)NCCc1csc2ccccc12. The topological polar surface area (TPSA) is 50.4 Å². The maximum Gasteiger partial charge on any atom is 0.315 e. The van der Waals surface area contributed by atoms with Crippen molar-refractivity contribution in [1.82, 2.24) is 10.6 Å². The second-order valence-corrected chi connectivity index (χ2v) is 6.93. The van der Waals surface area contributed by atoms with E-state index in [1.54, 1.807) is 11.3 Å². The van der Waals surface area contributed by atoms with E-state index in [1.807, 2.05) is 31.2 Å². The van der Waals surface area contributed by atoms with Crippen molar-refractivity contribution in [3.8, 4) is 0 Å². The van der Waals surface area contributed by atoms with Gasteiger partial charge in [-0.2, -0.15) is 0 Å². The Balaban J connectivity index is 1.46. The molecule has 2 amide bonds. The van der Waals surface area contributed by atoms with Crippen LogP contribution in [-0.2, 0) is 24.3 Å². The molecule has 136 valence electrons. The lowest BCUT2D eigenvalue weighted by molar-refractivity contribution is 0.133. The van der Waals surface area contributed by atoms with Crippen molar-refractivity contribution in [2.75, 3.05) is 13.2 Å². The van der Waals surface area contributed by atoms with Gasteiger partial charge in [0, 0.05) is 24.4 Å². The van der Waals surface area contributed by atoms with Gasteiger partial charge in [-0.1, -0.05) is 42.5 Å². The summed E-state index contributed by atoms with van der Waals surface area (Å²) in [6, 6.07) is 16.2. The number of hydrogen-bond acceptors (Lipinski definition) is 3. The summed E-state index contributed by atoms with van der Waals surface area (Å²) in [5.74, 6) is 0. The highest BCUT2D eigenvalue weighted by Gasteiger charge is 2.06. The van der Waals surface area contributed by atoms with Crippen LogP contribution in [0, 0.1) is 0 Å². The number of urea groups is 1. The molecule has 5 heteroatoms. The number of benzene rings is 2. The monoisotopic (exact) mass is 368 g/mol. The van der Waals surface area contributed by atoms with Crippen molar-refractivity contribution in [2.45, 2.75) is 26.5 Å². The highest BCUT2D eigenvalue weighted by Crippen LogP contribution is 2.25. The largest absolute Gasteiger partial charge is 0.377 e. The number of hydrogen-bond donors (Lipinski definition) is 2. The number of carbonyl (C=O) groups is 1. The summed E-state index contributed by atoms with van der Waals surface area (Å²) in [4.78, 5) is 12.1. The Labute approximate surface area is 158 Å². The molecule has 0 saturated heterocycles. The second kappa shape index (κ2) is 9.36. The Morgan fingerprint density at radius 1 is 1.00 bits per heavy atom. The number of rotatable bonds is 8. The van der Waals surface area contributed by atoms with Crippen molar-refractivity contribution >= 4 is 27.5 Å². The van der Waals surface area contributed by atoms with Gasteiger partial charge in [0.2, 0.25) is 0 Å². The van der Waals surface area contributed by atoms with Gasteiger partial charge in [-0.15, -0.1) is 11.3 Å².